The Labute approximate surface area is 98.7 Å². The summed E-state index contributed by atoms with van der Waals surface area (Å²) in [5, 5.41) is 3.48. The minimum Gasteiger partial charge on any atom is -0.309 e. The summed E-state index contributed by atoms with van der Waals surface area (Å²) in [5.41, 5.74) is 1.11. The molecule has 0 spiro atoms. The van der Waals surface area contributed by atoms with E-state index in [1.54, 1.807) is 6.33 Å². The van der Waals surface area contributed by atoms with Crippen LogP contribution in [0, 0.1) is 5.92 Å². The van der Waals surface area contributed by atoms with Crippen LogP contribution in [0.3, 0.4) is 0 Å². The van der Waals surface area contributed by atoms with E-state index in [4.69, 9.17) is 0 Å². The second kappa shape index (κ2) is 7.34. The molecule has 1 rings (SSSR count). The van der Waals surface area contributed by atoms with Crippen LogP contribution in [0.25, 0.3) is 0 Å². The van der Waals surface area contributed by atoms with Gasteiger partial charge in [-0.2, -0.15) is 0 Å². The monoisotopic (exact) mass is 221 g/mol. The SMILES string of the molecule is CCNC(CCCC(C)C)c1ccncn1. The smallest absolute Gasteiger partial charge is 0.115 e. The molecule has 90 valence electrons. The predicted molar refractivity (Wildman–Crippen MR) is 67.1 cm³/mol. The highest BCUT2D eigenvalue weighted by Crippen LogP contribution is 2.18. The van der Waals surface area contributed by atoms with Crippen molar-refractivity contribution in [2.24, 2.45) is 5.92 Å². The molecule has 0 aromatic carbocycles. The molecule has 1 aromatic heterocycles. The van der Waals surface area contributed by atoms with E-state index in [0.717, 1.165) is 24.6 Å². The van der Waals surface area contributed by atoms with E-state index in [2.05, 4.69) is 36.1 Å². The van der Waals surface area contributed by atoms with Crippen molar-refractivity contribution in [1.82, 2.24) is 15.3 Å². The fraction of sp³-hybridized carbons (Fsp3) is 0.692. The maximum atomic E-state index is 4.32. The van der Waals surface area contributed by atoms with Gasteiger partial charge in [-0.05, 0) is 24.9 Å². The lowest BCUT2D eigenvalue weighted by molar-refractivity contribution is 0.448. The van der Waals surface area contributed by atoms with Gasteiger partial charge in [0.25, 0.3) is 0 Å². The van der Waals surface area contributed by atoms with Crippen LogP contribution in [0.2, 0.25) is 0 Å². The molecule has 1 unspecified atom stereocenters. The first kappa shape index (κ1) is 13.1. The molecule has 0 saturated heterocycles. The third-order valence-electron chi connectivity index (χ3n) is 2.69. The fourth-order valence-corrected chi connectivity index (χ4v) is 1.84. The summed E-state index contributed by atoms with van der Waals surface area (Å²) in [6.45, 7) is 7.66. The van der Waals surface area contributed by atoms with Crippen LogP contribution in [0.5, 0.6) is 0 Å². The first-order valence-corrected chi connectivity index (χ1v) is 6.23. The van der Waals surface area contributed by atoms with Crippen molar-refractivity contribution in [3.8, 4) is 0 Å². The highest BCUT2D eigenvalue weighted by Gasteiger charge is 2.11. The van der Waals surface area contributed by atoms with E-state index < -0.39 is 0 Å². The van der Waals surface area contributed by atoms with Gasteiger partial charge in [0.05, 0.1) is 5.69 Å². The maximum Gasteiger partial charge on any atom is 0.115 e. The highest BCUT2D eigenvalue weighted by atomic mass is 14.9. The first-order chi connectivity index (χ1) is 7.74. The Balaban J connectivity index is 2.48. The number of hydrogen-bond donors (Lipinski definition) is 1. The van der Waals surface area contributed by atoms with Crippen molar-refractivity contribution in [1.29, 1.82) is 0 Å². The molecular weight excluding hydrogens is 198 g/mol. The number of nitrogens with zero attached hydrogens (tertiary/aromatic N) is 2. The van der Waals surface area contributed by atoms with Gasteiger partial charge in [0.15, 0.2) is 0 Å². The Morgan fingerprint density at radius 1 is 1.31 bits per heavy atom. The van der Waals surface area contributed by atoms with Gasteiger partial charge >= 0.3 is 0 Å². The van der Waals surface area contributed by atoms with Crippen LogP contribution in [0.1, 0.15) is 51.8 Å². The topological polar surface area (TPSA) is 37.8 Å². The molecule has 0 aliphatic heterocycles. The lowest BCUT2D eigenvalue weighted by Gasteiger charge is -2.17. The van der Waals surface area contributed by atoms with Gasteiger partial charge in [-0.15, -0.1) is 0 Å². The molecule has 1 atom stereocenters. The van der Waals surface area contributed by atoms with Crippen LogP contribution in [-0.4, -0.2) is 16.5 Å². The Bertz CT molecular complexity index is 272. The Morgan fingerprint density at radius 3 is 2.69 bits per heavy atom. The second-order valence-electron chi connectivity index (χ2n) is 4.57. The largest absolute Gasteiger partial charge is 0.309 e. The van der Waals surface area contributed by atoms with E-state index in [1.807, 2.05) is 12.3 Å². The summed E-state index contributed by atoms with van der Waals surface area (Å²) >= 11 is 0. The van der Waals surface area contributed by atoms with E-state index in [0.29, 0.717) is 6.04 Å². The van der Waals surface area contributed by atoms with Crippen molar-refractivity contribution < 1.29 is 0 Å². The molecule has 1 N–H and O–H groups in total. The fourth-order valence-electron chi connectivity index (χ4n) is 1.84. The Hall–Kier alpha value is -0.960. The molecule has 0 aliphatic carbocycles. The van der Waals surface area contributed by atoms with Crippen molar-refractivity contribution in [2.75, 3.05) is 6.54 Å². The zero-order valence-electron chi connectivity index (χ0n) is 10.6. The first-order valence-electron chi connectivity index (χ1n) is 6.23. The lowest BCUT2D eigenvalue weighted by atomic mass is 10.0. The second-order valence-corrected chi connectivity index (χ2v) is 4.57. The average Bonchev–Trinajstić information content (AvgIpc) is 2.29. The zero-order valence-corrected chi connectivity index (χ0v) is 10.6. The van der Waals surface area contributed by atoms with E-state index in [9.17, 15) is 0 Å². The number of hydrogen-bond acceptors (Lipinski definition) is 3. The molecule has 0 bridgehead atoms. The van der Waals surface area contributed by atoms with Gasteiger partial charge in [0.2, 0.25) is 0 Å². The zero-order chi connectivity index (χ0) is 11.8. The van der Waals surface area contributed by atoms with Crippen LogP contribution < -0.4 is 5.32 Å². The predicted octanol–water partition coefficient (Wildman–Crippen LogP) is 2.95. The molecule has 0 radical (unpaired) electrons. The Morgan fingerprint density at radius 2 is 2.12 bits per heavy atom. The van der Waals surface area contributed by atoms with Gasteiger partial charge < -0.3 is 5.32 Å². The summed E-state index contributed by atoms with van der Waals surface area (Å²) in [7, 11) is 0. The average molecular weight is 221 g/mol. The molecule has 0 amide bonds. The van der Waals surface area contributed by atoms with E-state index >= 15 is 0 Å². The summed E-state index contributed by atoms with van der Waals surface area (Å²) in [6.07, 6.45) is 7.13. The lowest BCUT2D eigenvalue weighted by Crippen LogP contribution is -2.22. The molecule has 3 heteroatoms. The summed E-state index contributed by atoms with van der Waals surface area (Å²) < 4.78 is 0. The minimum absolute atomic E-state index is 0.381. The molecular formula is C13H23N3. The van der Waals surface area contributed by atoms with Crippen LogP contribution in [0.15, 0.2) is 18.6 Å². The van der Waals surface area contributed by atoms with Crippen molar-refractivity contribution >= 4 is 0 Å². The molecule has 0 aliphatic rings. The van der Waals surface area contributed by atoms with Crippen molar-refractivity contribution in [3.05, 3.63) is 24.3 Å². The van der Waals surface area contributed by atoms with Gasteiger partial charge in [-0.1, -0.05) is 33.6 Å². The maximum absolute atomic E-state index is 4.32. The number of aromatic nitrogens is 2. The van der Waals surface area contributed by atoms with Gasteiger partial charge in [-0.25, -0.2) is 9.97 Å². The third-order valence-corrected chi connectivity index (χ3v) is 2.69. The Kier molecular flexibility index (Phi) is 6.01. The van der Waals surface area contributed by atoms with E-state index in [1.165, 1.54) is 12.8 Å². The standard InChI is InChI=1S/C13H23N3/c1-4-15-12(7-5-6-11(2)3)13-8-9-14-10-16-13/h8-12,15H,4-7H2,1-3H3. The molecule has 16 heavy (non-hydrogen) atoms. The molecule has 0 fully saturated rings. The van der Waals surface area contributed by atoms with Crippen LogP contribution in [-0.2, 0) is 0 Å². The number of rotatable bonds is 7. The highest BCUT2D eigenvalue weighted by molar-refractivity contribution is 5.04. The molecule has 1 heterocycles. The van der Waals surface area contributed by atoms with Crippen LogP contribution in [0.4, 0.5) is 0 Å². The normalized spacial score (nSPS) is 13.0. The number of nitrogens with one attached hydrogen (secondary N) is 1. The minimum atomic E-state index is 0.381. The quantitative estimate of drug-likeness (QED) is 0.769. The summed E-state index contributed by atoms with van der Waals surface area (Å²) in [5.74, 6) is 0.785. The molecule has 0 saturated carbocycles. The van der Waals surface area contributed by atoms with Gasteiger partial charge in [0, 0.05) is 12.2 Å². The van der Waals surface area contributed by atoms with Gasteiger partial charge in [0.1, 0.15) is 6.33 Å². The summed E-state index contributed by atoms with van der Waals surface area (Å²) in [6, 6.07) is 2.38. The van der Waals surface area contributed by atoms with Crippen molar-refractivity contribution in [3.63, 3.8) is 0 Å². The van der Waals surface area contributed by atoms with Crippen molar-refractivity contribution in [2.45, 2.75) is 46.1 Å². The molecule has 3 nitrogen and oxygen atoms in total. The van der Waals surface area contributed by atoms with Gasteiger partial charge in [-0.3, -0.25) is 0 Å². The molecule has 1 aromatic rings. The third kappa shape index (κ3) is 4.71. The van der Waals surface area contributed by atoms with E-state index in [-0.39, 0.29) is 0 Å². The van der Waals surface area contributed by atoms with Crippen LogP contribution >= 0.6 is 0 Å². The summed E-state index contributed by atoms with van der Waals surface area (Å²) in [4.78, 5) is 8.28.